The zero-order chi connectivity index (χ0) is 24.6. The molecule has 9 heteroatoms. The molecule has 1 fully saturated rings. The van der Waals surface area contributed by atoms with Gasteiger partial charge < -0.3 is 29.3 Å². The van der Waals surface area contributed by atoms with Gasteiger partial charge in [0.25, 0.3) is 5.91 Å². The smallest absolute Gasteiger partial charge is 0.410 e. The molecule has 1 aromatic rings. The lowest BCUT2D eigenvalue weighted by molar-refractivity contribution is -0.148. The summed E-state index contributed by atoms with van der Waals surface area (Å²) in [5, 5.41) is 2.70. The van der Waals surface area contributed by atoms with E-state index in [2.05, 4.69) is 10.2 Å². The van der Waals surface area contributed by atoms with E-state index in [0.29, 0.717) is 31.9 Å². The summed E-state index contributed by atoms with van der Waals surface area (Å²) in [7, 11) is 0. The number of carbonyl (C=O) groups excluding carboxylic acids is 3. The molecule has 0 unspecified atom stereocenters. The Hall–Kier alpha value is -2.97. The van der Waals surface area contributed by atoms with Gasteiger partial charge in [0.15, 0.2) is 6.61 Å². The third-order valence-corrected chi connectivity index (χ3v) is 5.02. The maximum atomic E-state index is 12.4. The van der Waals surface area contributed by atoms with Crippen LogP contribution in [0.2, 0.25) is 0 Å². The van der Waals surface area contributed by atoms with Crippen LogP contribution in [-0.2, 0) is 19.1 Å². The number of carbonyl (C=O) groups is 3. The van der Waals surface area contributed by atoms with Crippen molar-refractivity contribution in [3.05, 3.63) is 24.3 Å². The predicted molar refractivity (Wildman–Crippen MR) is 125 cm³/mol. The van der Waals surface area contributed by atoms with Crippen molar-refractivity contribution in [1.82, 2.24) is 10.2 Å². The van der Waals surface area contributed by atoms with E-state index in [4.69, 9.17) is 14.2 Å². The summed E-state index contributed by atoms with van der Waals surface area (Å²) in [4.78, 5) is 40.6. The summed E-state index contributed by atoms with van der Waals surface area (Å²) in [5.74, 6) is -0.396. The molecule has 2 rings (SSSR count). The van der Waals surface area contributed by atoms with Gasteiger partial charge in [0, 0.05) is 26.2 Å². The molecular weight excluding hydrogens is 426 g/mol. The molecule has 1 saturated heterocycles. The Balaban J connectivity index is 1.95. The van der Waals surface area contributed by atoms with E-state index >= 15 is 0 Å². The standard InChI is InChI=1S/C24H37N3O6/c1-7-31-22(29)21(17(2)3)25-20(28)16-32-19-11-9-8-10-18(19)26-12-14-27(15-13-26)23(30)33-24(4,5)6/h8-11,17,21H,7,12-16H2,1-6H3,(H,25,28)/t21-/m0/s1. The third-order valence-electron chi connectivity index (χ3n) is 5.02. The molecule has 0 aromatic heterocycles. The van der Waals surface area contributed by atoms with Gasteiger partial charge in [-0.1, -0.05) is 26.0 Å². The highest BCUT2D eigenvalue weighted by atomic mass is 16.6. The lowest BCUT2D eigenvalue weighted by Crippen LogP contribution is -2.50. The van der Waals surface area contributed by atoms with Crippen LogP contribution in [0.25, 0.3) is 0 Å². The van der Waals surface area contributed by atoms with Gasteiger partial charge in [0.2, 0.25) is 0 Å². The summed E-state index contributed by atoms with van der Waals surface area (Å²) in [5.41, 5.74) is 0.316. The molecule has 2 amide bonds. The van der Waals surface area contributed by atoms with Crippen LogP contribution in [0.5, 0.6) is 5.75 Å². The second-order valence-corrected chi connectivity index (χ2v) is 9.25. The zero-order valence-electron chi connectivity index (χ0n) is 20.6. The SMILES string of the molecule is CCOC(=O)[C@@H](NC(=O)COc1ccccc1N1CCN(C(=O)OC(C)(C)C)CC1)C(C)C. The molecule has 9 nitrogen and oxygen atoms in total. The second kappa shape index (κ2) is 11.8. The fraction of sp³-hybridized carbons (Fsp3) is 0.625. The molecule has 33 heavy (non-hydrogen) atoms. The normalized spacial score (nSPS) is 15.1. The van der Waals surface area contributed by atoms with Gasteiger partial charge >= 0.3 is 12.1 Å². The number of nitrogens with one attached hydrogen (secondary N) is 1. The van der Waals surface area contributed by atoms with Gasteiger partial charge in [0.05, 0.1) is 12.3 Å². The monoisotopic (exact) mass is 463 g/mol. The highest BCUT2D eigenvalue weighted by Crippen LogP contribution is 2.29. The van der Waals surface area contributed by atoms with E-state index in [1.807, 2.05) is 52.8 Å². The minimum Gasteiger partial charge on any atom is -0.482 e. The number of hydrogen-bond acceptors (Lipinski definition) is 7. The molecule has 1 aliphatic rings. The van der Waals surface area contributed by atoms with Crippen LogP contribution in [0.15, 0.2) is 24.3 Å². The molecule has 0 aliphatic carbocycles. The largest absolute Gasteiger partial charge is 0.482 e. The molecule has 1 aromatic carbocycles. The summed E-state index contributed by atoms with van der Waals surface area (Å²) < 4.78 is 16.3. The molecule has 1 atom stereocenters. The average Bonchev–Trinajstić information content (AvgIpc) is 2.75. The Morgan fingerprint density at radius 1 is 1.06 bits per heavy atom. The quantitative estimate of drug-likeness (QED) is 0.592. The average molecular weight is 464 g/mol. The topological polar surface area (TPSA) is 97.4 Å². The van der Waals surface area contributed by atoms with Crippen LogP contribution in [-0.4, -0.2) is 73.9 Å². The van der Waals surface area contributed by atoms with E-state index in [1.54, 1.807) is 17.9 Å². The lowest BCUT2D eigenvalue weighted by Gasteiger charge is -2.37. The second-order valence-electron chi connectivity index (χ2n) is 9.25. The highest BCUT2D eigenvalue weighted by Gasteiger charge is 2.28. The first-order chi connectivity index (χ1) is 15.5. The fourth-order valence-corrected chi connectivity index (χ4v) is 3.39. The number of hydrogen-bond donors (Lipinski definition) is 1. The first-order valence-corrected chi connectivity index (χ1v) is 11.4. The number of anilines is 1. The highest BCUT2D eigenvalue weighted by molar-refractivity contribution is 5.85. The third kappa shape index (κ3) is 8.14. The van der Waals surface area contributed by atoms with E-state index < -0.39 is 23.5 Å². The van der Waals surface area contributed by atoms with Crippen LogP contribution in [0.3, 0.4) is 0 Å². The number of para-hydroxylation sites is 2. The molecule has 0 spiro atoms. The predicted octanol–water partition coefficient (Wildman–Crippen LogP) is 2.83. The molecule has 0 radical (unpaired) electrons. The van der Waals surface area contributed by atoms with E-state index in [9.17, 15) is 14.4 Å². The number of nitrogens with zero attached hydrogens (tertiary/aromatic N) is 2. The Labute approximate surface area is 196 Å². The van der Waals surface area contributed by atoms with E-state index in [0.717, 1.165) is 5.69 Å². The van der Waals surface area contributed by atoms with Gasteiger partial charge in [-0.25, -0.2) is 9.59 Å². The Morgan fingerprint density at radius 3 is 2.27 bits per heavy atom. The van der Waals surface area contributed by atoms with Crippen LogP contribution in [0.4, 0.5) is 10.5 Å². The minimum absolute atomic E-state index is 0.110. The van der Waals surface area contributed by atoms with E-state index in [1.165, 1.54) is 0 Å². The van der Waals surface area contributed by atoms with Crippen molar-refractivity contribution in [3.8, 4) is 5.75 Å². The minimum atomic E-state index is -0.725. The van der Waals surface area contributed by atoms with Gasteiger partial charge in [-0.2, -0.15) is 0 Å². The van der Waals surface area contributed by atoms with Gasteiger partial charge in [0.1, 0.15) is 17.4 Å². The number of ether oxygens (including phenoxy) is 3. The van der Waals surface area contributed by atoms with Crippen molar-refractivity contribution in [2.24, 2.45) is 5.92 Å². The van der Waals surface area contributed by atoms with Crippen LogP contribution in [0, 0.1) is 5.92 Å². The van der Waals surface area contributed by atoms with Crippen molar-refractivity contribution < 1.29 is 28.6 Å². The van der Waals surface area contributed by atoms with Crippen molar-refractivity contribution in [3.63, 3.8) is 0 Å². The first-order valence-electron chi connectivity index (χ1n) is 11.4. The van der Waals surface area contributed by atoms with Crippen molar-refractivity contribution in [2.75, 3.05) is 44.3 Å². The molecule has 184 valence electrons. The number of amides is 2. The Bertz CT molecular complexity index is 813. The summed E-state index contributed by atoms with van der Waals surface area (Å²) in [6.07, 6.45) is -0.315. The number of benzene rings is 1. The maximum Gasteiger partial charge on any atom is 0.410 e. The van der Waals surface area contributed by atoms with Crippen molar-refractivity contribution >= 4 is 23.7 Å². The molecule has 0 bridgehead atoms. The lowest BCUT2D eigenvalue weighted by atomic mass is 10.0. The summed E-state index contributed by atoms with van der Waals surface area (Å²) >= 11 is 0. The molecule has 1 N–H and O–H groups in total. The fourth-order valence-electron chi connectivity index (χ4n) is 3.39. The summed E-state index contributed by atoms with van der Waals surface area (Å²) in [6.45, 7) is 13.3. The Morgan fingerprint density at radius 2 is 1.70 bits per heavy atom. The number of esters is 1. The van der Waals surface area contributed by atoms with Crippen LogP contribution >= 0.6 is 0 Å². The van der Waals surface area contributed by atoms with Gasteiger partial charge in [-0.15, -0.1) is 0 Å². The first kappa shape index (κ1) is 26.3. The molecule has 0 saturated carbocycles. The van der Waals surface area contributed by atoms with Crippen molar-refractivity contribution in [1.29, 1.82) is 0 Å². The van der Waals surface area contributed by atoms with Gasteiger partial charge in [-0.3, -0.25) is 4.79 Å². The molecule has 1 aliphatic heterocycles. The van der Waals surface area contributed by atoms with Gasteiger partial charge in [-0.05, 0) is 45.7 Å². The molecule has 1 heterocycles. The maximum absolute atomic E-state index is 12.4. The van der Waals surface area contributed by atoms with Crippen LogP contribution < -0.4 is 15.0 Å². The number of piperazine rings is 1. The number of rotatable bonds is 8. The van der Waals surface area contributed by atoms with Crippen LogP contribution in [0.1, 0.15) is 41.5 Å². The summed E-state index contributed by atoms with van der Waals surface area (Å²) in [6, 6.07) is 6.73. The van der Waals surface area contributed by atoms with Crippen molar-refractivity contribution in [2.45, 2.75) is 53.2 Å². The zero-order valence-corrected chi connectivity index (χ0v) is 20.6. The Kier molecular flexibility index (Phi) is 9.37. The van der Waals surface area contributed by atoms with E-state index in [-0.39, 0.29) is 25.2 Å². The molecular formula is C24H37N3O6.